The molecule has 4 bridgehead atoms. The molecule has 5 unspecified atom stereocenters. The quantitative estimate of drug-likeness (QED) is 0.794. The number of rotatable bonds is 1. The number of nitrogens with one attached hydrogen (secondary N) is 1. The third-order valence-corrected chi connectivity index (χ3v) is 6.33. The number of aliphatic hydroxyl groups is 1. The fourth-order valence-electron chi connectivity index (χ4n) is 5.32. The van der Waals surface area contributed by atoms with E-state index in [-0.39, 0.29) is 0 Å². The van der Waals surface area contributed by atoms with Crippen LogP contribution in [0.25, 0.3) is 10.9 Å². The Morgan fingerprint density at radius 2 is 2.23 bits per heavy atom. The summed E-state index contributed by atoms with van der Waals surface area (Å²) in [4.78, 5) is 6.35. The fourth-order valence-corrected chi connectivity index (χ4v) is 5.32. The maximum atomic E-state index is 9.99. The number of aromatic amines is 1. The van der Waals surface area contributed by atoms with Crippen LogP contribution in [0, 0.1) is 11.8 Å². The van der Waals surface area contributed by atoms with Crippen molar-refractivity contribution in [3.63, 3.8) is 0 Å². The van der Waals surface area contributed by atoms with E-state index in [9.17, 15) is 5.11 Å². The highest BCUT2D eigenvalue weighted by molar-refractivity contribution is 5.85. The van der Waals surface area contributed by atoms with Crippen molar-refractivity contribution in [1.82, 2.24) is 9.88 Å². The van der Waals surface area contributed by atoms with Gasteiger partial charge in [0.05, 0.1) is 6.04 Å². The molecular formula is C19H22N2O. The van der Waals surface area contributed by atoms with Crippen LogP contribution >= 0.6 is 0 Å². The smallest absolute Gasteiger partial charge is 0.0514 e. The molecule has 1 aromatic heterocycles. The van der Waals surface area contributed by atoms with Crippen molar-refractivity contribution in [3.05, 3.63) is 47.2 Å². The van der Waals surface area contributed by atoms with Crippen LogP contribution < -0.4 is 0 Å². The first-order chi connectivity index (χ1) is 10.8. The van der Waals surface area contributed by atoms with E-state index in [4.69, 9.17) is 0 Å². The van der Waals surface area contributed by atoms with E-state index in [0.29, 0.717) is 30.5 Å². The first-order valence-corrected chi connectivity index (χ1v) is 8.43. The Bertz CT molecular complexity index is 775. The Labute approximate surface area is 130 Å². The van der Waals surface area contributed by atoms with Crippen molar-refractivity contribution in [2.24, 2.45) is 11.8 Å². The number of para-hydroxylation sites is 1. The molecule has 114 valence electrons. The third-order valence-electron chi connectivity index (χ3n) is 6.33. The van der Waals surface area contributed by atoms with Gasteiger partial charge < -0.3 is 10.1 Å². The third kappa shape index (κ3) is 1.48. The molecule has 3 nitrogen and oxygen atoms in total. The van der Waals surface area contributed by atoms with Gasteiger partial charge in [0, 0.05) is 41.7 Å². The predicted octanol–water partition coefficient (Wildman–Crippen LogP) is 3.02. The molecule has 0 spiro atoms. The van der Waals surface area contributed by atoms with Crippen LogP contribution in [0.5, 0.6) is 0 Å². The van der Waals surface area contributed by atoms with Crippen LogP contribution in [0.4, 0.5) is 0 Å². The molecule has 22 heavy (non-hydrogen) atoms. The van der Waals surface area contributed by atoms with Crippen molar-refractivity contribution >= 4 is 10.9 Å². The van der Waals surface area contributed by atoms with E-state index in [1.54, 1.807) is 0 Å². The van der Waals surface area contributed by atoms with E-state index in [1.807, 2.05) is 0 Å². The van der Waals surface area contributed by atoms with Gasteiger partial charge in [0.1, 0.15) is 0 Å². The second kappa shape index (κ2) is 4.46. The Hall–Kier alpha value is -1.58. The first kappa shape index (κ1) is 12.9. The minimum atomic E-state index is 0.313. The summed E-state index contributed by atoms with van der Waals surface area (Å²) in [5.41, 5.74) is 5.74. The number of hydrogen-bond acceptors (Lipinski definition) is 2. The number of benzene rings is 1. The lowest BCUT2D eigenvalue weighted by Crippen LogP contribution is -2.60. The molecule has 3 fully saturated rings. The highest BCUT2D eigenvalue weighted by atomic mass is 16.3. The SMILES string of the molecule is C/C=C1/CN2C3CC1C(CO)C2Cc1c3[nH]c2ccccc12. The number of allylic oxidation sites excluding steroid dienone is 1. The molecular weight excluding hydrogens is 272 g/mol. The van der Waals surface area contributed by atoms with Crippen LogP contribution in [0.15, 0.2) is 35.9 Å². The standard InChI is InChI=1S/C19H22N2O/c1-2-11-9-21-17-8-14-12-5-3-4-6-16(12)20-19(14)18(21)7-13(11)15(17)10-22/h2-6,13,15,17-18,20,22H,7-10H2,1H3/b11-2-. The molecule has 5 heterocycles. The Morgan fingerprint density at radius 3 is 3.05 bits per heavy atom. The number of piperidine rings is 3. The summed E-state index contributed by atoms with van der Waals surface area (Å²) >= 11 is 0. The molecule has 0 radical (unpaired) electrons. The highest BCUT2D eigenvalue weighted by Crippen LogP contribution is 2.53. The average molecular weight is 294 g/mol. The van der Waals surface area contributed by atoms with Gasteiger partial charge in [-0.25, -0.2) is 0 Å². The lowest BCUT2D eigenvalue weighted by atomic mass is 9.64. The van der Waals surface area contributed by atoms with Gasteiger partial charge in [0.15, 0.2) is 0 Å². The van der Waals surface area contributed by atoms with E-state index in [1.165, 1.54) is 27.7 Å². The van der Waals surface area contributed by atoms with Crippen molar-refractivity contribution in [1.29, 1.82) is 0 Å². The van der Waals surface area contributed by atoms with Gasteiger partial charge in [0.2, 0.25) is 0 Å². The molecule has 5 atom stereocenters. The molecule has 0 aliphatic carbocycles. The highest BCUT2D eigenvalue weighted by Gasteiger charge is 2.52. The zero-order chi connectivity index (χ0) is 14.8. The summed E-state index contributed by atoms with van der Waals surface area (Å²) in [6.45, 7) is 3.55. The maximum absolute atomic E-state index is 9.99. The lowest BCUT2D eigenvalue weighted by molar-refractivity contribution is -0.0503. The van der Waals surface area contributed by atoms with Crippen LogP contribution in [0.3, 0.4) is 0 Å². The first-order valence-electron chi connectivity index (χ1n) is 8.43. The van der Waals surface area contributed by atoms with Crippen LogP contribution in [0.2, 0.25) is 0 Å². The average Bonchev–Trinajstić information content (AvgIpc) is 2.93. The van der Waals surface area contributed by atoms with Crippen molar-refractivity contribution < 1.29 is 5.11 Å². The normalized spacial score (nSPS) is 37.7. The summed E-state index contributed by atoms with van der Waals surface area (Å²) in [5.74, 6) is 0.965. The number of fused-ring (bicyclic) bond motifs is 4. The Balaban J connectivity index is 1.69. The molecule has 6 rings (SSSR count). The fraction of sp³-hybridized carbons (Fsp3) is 0.474. The monoisotopic (exact) mass is 294 g/mol. The van der Waals surface area contributed by atoms with Crippen LogP contribution in [-0.4, -0.2) is 34.2 Å². The largest absolute Gasteiger partial charge is 0.396 e. The van der Waals surface area contributed by atoms with Gasteiger partial charge >= 0.3 is 0 Å². The van der Waals surface area contributed by atoms with Crippen molar-refractivity contribution in [3.8, 4) is 0 Å². The van der Waals surface area contributed by atoms with Gasteiger partial charge in [0.25, 0.3) is 0 Å². The second-order valence-electron chi connectivity index (χ2n) is 7.07. The minimum Gasteiger partial charge on any atom is -0.396 e. The summed E-state index contributed by atoms with van der Waals surface area (Å²) in [6, 6.07) is 9.68. The van der Waals surface area contributed by atoms with Gasteiger partial charge in [-0.1, -0.05) is 29.8 Å². The summed E-state index contributed by atoms with van der Waals surface area (Å²) < 4.78 is 0. The zero-order valence-electron chi connectivity index (χ0n) is 12.9. The molecule has 0 amide bonds. The molecule has 3 heteroatoms. The summed E-state index contributed by atoms with van der Waals surface area (Å²) in [5, 5.41) is 11.4. The molecule has 2 N–H and O–H groups in total. The van der Waals surface area contributed by atoms with Gasteiger partial charge in [-0.2, -0.15) is 0 Å². The van der Waals surface area contributed by atoms with Crippen LogP contribution in [-0.2, 0) is 6.42 Å². The van der Waals surface area contributed by atoms with E-state index in [0.717, 1.165) is 19.4 Å². The predicted molar refractivity (Wildman–Crippen MR) is 87.7 cm³/mol. The lowest BCUT2D eigenvalue weighted by Gasteiger charge is -2.58. The number of aliphatic hydroxyl groups excluding tert-OH is 1. The van der Waals surface area contributed by atoms with E-state index in [2.05, 4.69) is 47.1 Å². The van der Waals surface area contributed by atoms with Crippen molar-refractivity contribution in [2.45, 2.75) is 31.8 Å². The molecule has 2 aromatic rings. The van der Waals surface area contributed by atoms with E-state index >= 15 is 0 Å². The molecule has 3 saturated heterocycles. The molecule has 0 saturated carbocycles. The summed E-state index contributed by atoms with van der Waals surface area (Å²) in [7, 11) is 0. The van der Waals surface area contributed by atoms with Crippen LogP contribution in [0.1, 0.15) is 30.6 Å². The topological polar surface area (TPSA) is 39.3 Å². The number of H-pyrrole nitrogens is 1. The van der Waals surface area contributed by atoms with Gasteiger partial charge in [-0.05, 0) is 37.3 Å². The second-order valence-corrected chi connectivity index (χ2v) is 7.07. The maximum Gasteiger partial charge on any atom is 0.0514 e. The summed E-state index contributed by atoms with van der Waals surface area (Å²) in [6.07, 6.45) is 4.51. The Morgan fingerprint density at radius 1 is 1.36 bits per heavy atom. The molecule has 4 aliphatic heterocycles. The number of hydrogen-bond donors (Lipinski definition) is 2. The van der Waals surface area contributed by atoms with E-state index < -0.39 is 0 Å². The molecule has 1 aromatic carbocycles. The number of aromatic nitrogens is 1. The number of nitrogens with zero attached hydrogens (tertiary/aromatic N) is 1. The van der Waals surface area contributed by atoms with Gasteiger partial charge in [-0.3, -0.25) is 4.90 Å². The zero-order valence-corrected chi connectivity index (χ0v) is 12.9. The van der Waals surface area contributed by atoms with Gasteiger partial charge in [-0.15, -0.1) is 0 Å². The van der Waals surface area contributed by atoms with Crippen molar-refractivity contribution in [2.75, 3.05) is 13.2 Å². The Kier molecular flexibility index (Phi) is 2.62. The molecule has 4 aliphatic rings. The minimum absolute atomic E-state index is 0.313.